The van der Waals surface area contributed by atoms with E-state index in [9.17, 15) is 19.5 Å². The van der Waals surface area contributed by atoms with Crippen molar-refractivity contribution >= 4 is 18.0 Å². The summed E-state index contributed by atoms with van der Waals surface area (Å²) in [5.74, 6) is -1.45. The minimum absolute atomic E-state index is 0.0428. The number of carbonyl (C=O) groups is 3. The van der Waals surface area contributed by atoms with E-state index >= 15 is 0 Å². The van der Waals surface area contributed by atoms with Crippen LogP contribution in [0.4, 0.5) is 4.79 Å². The zero-order valence-corrected chi connectivity index (χ0v) is 17.7. The number of fused-ring (bicyclic) bond motifs is 3. The molecule has 1 saturated carbocycles. The summed E-state index contributed by atoms with van der Waals surface area (Å²) in [7, 11) is 0. The molecular weight excluding hydrogens is 408 g/mol. The summed E-state index contributed by atoms with van der Waals surface area (Å²) in [4.78, 5) is 36.3. The fourth-order valence-electron chi connectivity index (χ4n) is 4.18. The molecule has 0 aliphatic heterocycles. The van der Waals surface area contributed by atoms with Crippen molar-refractivity contribution < 1.29 is 24.2 Å². The van der Waals surface area contributed by atoms with E-state index in [1.165, 1.54) is 6.08 Å². The number of hydrogen-bond donors (Lipinski definition) is 3. The summed E-state index contributed by atoms with van der Waals surface area (Å²) in [5.41, 5.74) is 3.59. The monoisotopic (exact) mass is 434 g/mol. The molecule has 7 heteroatoms. The van der Waals surface area contributed by atoms with E-state index in [0.717, 1.165) is 22.3 Å². The van der Waals surface area contributed by atoms with Crippen LogP contribution in [0.15, 0.2) is 61.2 Å². The number of carboxylic acids is 1. The van der Waals surface area contributed by atoms with Gasteiger partial charge in [0.2, 0.25) is 5.91 Å². The molecule has 0 spiro atoms. The second kappa shape index (κ2) is 8.86. The Bertz CT molecular complexity index is 1010. The molecule has 32 heavy (non-hydrogen) atoms. The Labute approximate surface area is 186 Å². The van der Waals surface area contributed by atoms with Gasteiger partial charge in [0.25, 0.3) is 0 Å². The zero-order chi connectivity index (χ0) is 22.7. The maximum absolute atomic E-state index is 12.5. The molecule has 2 amide bonds. The summed E-state index contributed by atoms with van der Waals surface area (Å²) >= 11 is 0. The normalized spacial score (nSPS) is 16.2. The molecule has 2 aliphatic carbocycles. The predicted octanol–water partition coefficient (Wildman–Crippen LogP) is 3.45. The van der Waals surface area contributed by atoms with Gasteiger partial charge in [0.1, 0.15) is 12.6 Å². The van der Waals surface area contributed by atoms with Gasteiger partial charge in [0.05, 0.1) is 5.41 Å². The van der Waals surface area contributed by atoms with Crippen molar-refractivity contribution in [3.63, 3.8) is 0 Å². The molecular formula is C25H26N2O5. The van der Waals surface area contributed by atoms with Crippen LogP contribution in [-0.4, -0.2) is 42.3 Å². The van der Waals surface area contributed by atoms with Crippen LogP contribution >= 0.6 is 0 Å². The second-order valence-electron chi connectivity index (χ2n) is 8.35. The van der Waals surface area contributed by atoms with E-state index in [-0.39, 0.29) is 25.5 Å². The van der Waals surface area contributed by atoms with Crippen molar-refractivity contribution in [3.8, 4) is 11.1 Å². The average Bonchev–Trinajstić information content (AvgIpc) is 3.53. The summed E-state index contributed by atoms with van der Waals surface area (Å²) in [6, 6.07) is 15.2. The molecule has 0 saturated heterocycles. The van der Waals surface area contributed by atoms with E-state index < -0.39 is 29.4 Å². The molecule has 0 heterocycles. The van der Waals surface area contributed by atoms with Gasteiger partial charge in [-0.3, -0.25) is 9.59 Å². The zero-order valence-electron chi connectivity index (χ0n) is 17.7. The fraction of sp³-hybridized carbons (Fsp3) is 0.320. The molecule has 2 aromatic rings. The van der Waals surface area contributed by atoms with Crippen LogP contribution in [0.5, 0.6) is 0 Å². The van der Waals surface area contributed by atoms with Crippen LogP contribution in [0, 0.1) is 5.41 Å². The molecule has 1 unspecified atom stereocenters. The van der Waals surface area contributed by atoms with E-state index in [1.54, 1.807) is 0 Å². The lowest BCUT2D eigenvalue weighted by Gasteiger charge is -2.20. The first-order valence-electron chi connectivity index (χ1n) is 10.7. The highest BCUT2D eigenvalue weighted by atomic mass is 16.5. The number of benzene rings is 2. The van der Waals surface area contributed by atoms with Crippen molar-refractivity contribution in [2.75, 3.05) is 13.2 Å². The topological polar surface area (TPSA) is 105 Å². The van der Waals surface area contributed by atoms with Crippen LogP contribution in [0.3, 0.4) is 0 Å². The molecule has 2 aliphatic rings. The van der Waals surface area contributed by atoms with Crippen molar-refractivity contribution in [2.45, 2.75) is 31.2 Å². The van der Waals surface area contributed by atoms with Crippen LogP contribution in [-0.2, 0) is 14.3 Å². The summed E-state index contributed by atoms with van der Waals surface area (Å²) in [6.45, 7) is 3.82. The third-order valence-corrected chi connectivity index (χ3v) is 6.26. The summed E-state index contributed by atoms with van der Waals surface area (Å²) in [6.07, 6.45) is 2.10. The minimum Gasteiger partial charge on any atom is -0.481 e. The fourth-order valence-corrected chi connectivity index (χ4v) is 4.18. The first-order chi connectivity index (χ1) is 15.4. The van der Waals surface area contributed by atoms with Crippen LogP contribution < -0.4 is 10.6 Å². The third-order valence-electron chi connectivity index (χ3n) is 6.26. The number of ether oxygens (including phenoxy) is 1. The van der Waals surface area contributed by atoms with Crippen molar-refractivity contribution in [1.29, 1.82) is 0 Å². The first kappa shape index (κ1) is 21.6. The van der Waals surface area contributed by atoms with Gasteiger partial charge in [-0.2, -0.15) is 0 Å². The standard InChI is InChI=1S/C25H26N2O5/c1-2-7-21(22(28)26-15-25(12-13-25)23(29)30)27-24(31)32-14-20-18-10-5-3-8-16(18)17-9-4-6-11-19(17)20/h2-6,8-11,20-21H,1,7,12-15H2,(H,26,28)(H,27,31)(H,29,30). The van der Waals surface area contributed by atoms with E-state index in [2.05, 4.69) is 29.3 Å². The van der Waals surface area contributed by atoms with Crippen molar-refractivity contribution in [2.24, 2.45) is 5.41 Å². The number of alkyl carbamates (subject to hydrolysis) is 1. The van der Waals surface area contributed by atoms with Crippen molar-refractivity contribution in [3.05, 3.63) is 72.3 Å². The highest BCUT2D eigenvalue weighted by Crippen LogP contribution is 2.45. The first-order valence-corrected chi connectivity index (χ1v) is 10.7. The maximum Gasteiger partial charge on any atom is 0.407 e. The van der Waals surface area contributed by atoms with Gasteiger partial charge < -0.3 is 20.5 Å². The van der Waals surface area contributed by atoms with E-state index in [4.69, 9.17) is 4.74 Å². The average molecular weight is 434 g/mol. The van der Waals surface area contributed by atoms with Gasteiger partial charge in [0.15, 0.2) is 0 Å². The maximum atomic E-state index is 12.5. The lowest BCUT2D eigenvalue weighted by atomic mass is 9.98. The van der Waals surface area contributed by atoms with Gasteiger partial charge in [-0.05, 0) is 41.5 Å². The Balaban J connectivity index is 1.36. The van der Waals surface area contributed by atoms with Gasteiger partial charge in [-0.25, -0.2) is 4.79 Å². The third kappa shape index (κ3) is 4.23. The van der Waals surface area contributed by atoms with Crippen LogP contribution in [0.25, 0.3) is 11.1 Å². The Kier molecular flexibility index (Phi) is 5.99. The molecule has 166 valence electrons. The smallest absolute Gasteiger partial charge is 0.407 e. The molecule has 1 atom stereocenters. The van der Waals surface area contributed by atoms with Crippen molar-refractivity contribution in [1.82, 2.24) is 10.6 Å². The Hall–Kier alpha value is -3.61. The van der Waals surface area contributed by atoms with Gasteiger partial charge in [-0.15, -0.1) is 6.58 Å². The molecule has 7 nitrogen and oxygen atoms in total. The summed E-state index contributed by atoms with van der Waals surface area (Å²) < 4.78 is 5.50. The SMILES string of the molecule is C=CCC(NC(=O)OCC1c2ccccc2-c2ccccc21)C(=O)NCC1(C(=O)O)CC1. The van der Waals surface area contributed by atoms with Gasteiger partial charge in [0, 0.05) is 12.5 Å². The second-order valence-corrected chi connectivity index (χ2v) is 8.35. The summed E-state index contributed by atoms with van der Waals surface area (Å²) in [5, 5.41) is 14.5. The number of hydrogen-bond acceptors (Lipinski definition) is 4. The Morgan fingerprint density at radius 1 is 1.09 bits per heavy atom. The number of rotatable bonds is 9. The molecule has 2 aromatic carbocycles. The van der Waals surface area contributed by atoms with Gasteiger partial charge in [-0.1, -0.05) is 54.6 Å². The molecule has 0 radical (unpaired) electrons. The van der Waals surface area contributed by atoms with Crippen LogP contribution in [0.2, 0.25) is 0 Å². The Morgan fingerprint density at radius 3 is 2.22 bits per heavy atom. The number of nitrogens with one attached hydrogen (secondary N) is 2. The molecule has 4 rings (SSSR count). The number of carbonyl (C=O) groups excluding carboxylic acids is 2. The van der Waals surface area contributed by atoms with E-state index in [1.807, 2.05) is 36.4 Å². The predicted molar refractivity (Wildman–Crippen MR) is 119 cm³/mol. The van der Waals surface area contributed by atoms with Gasteiger partial charge >= 0.3 is 12.1 Å². The molecule has 1 fully saturated rings. The lowest BCUT2D eigenvalue weighted by Crippen LogP contribution is -2.48. The number of amides is 2. The molecule has 0 aromatic heterocycles. The quantitative estimate of drug-likeness (QED) is 0.525. The van der Waals surface area contributed by atoms with Crippen LogP contribution in [0.1, 0.15) is 36.3 Å². The molecule has 0 bridgehead atoms. The lowest BCUT2D eigenvalue weighted by molar-refractivity contribution is -0.143. The minimum atomic E-state index is -0.914. The van der Waals surface area contributed by atoms with E-state index in [0.29, 0.717) is 12.8 Å². The Morgan fingerprint density at radius 2 is 1.69 bits per heavy atom. The molecule has 3 N–H and O–H groups in total. The number of aliphatic carboxylic acids is 1. The highest BCUT2D eigenvalue weighted by molar-refractivity contribution is 5.87. The largest absolute Gasteiger partial charge is 0.481 e. The number of carboxylic acid groups (broad SMARTS) is 1. The highest BCUT2D eigenvalue weighted by Gasteiger charge is 2.50.